The second kappa shape index (κ2) is 8.68. The third-order valence-electron chi connectivity index (χ3n) is 3.98. The second-order valence-electron chi connectivity index (χ2n) is 6.18. The van der Waals surface area contributed by atoms with E-state index in [2.05, 4.69) is 79.9 Å². The Morgan fingerprint density at radius 3 is 2.30 bits per heavy atom. The molecule has 2 aromatic carbocycles. The van der Waals surface area contributed by atoms with Gasteiger partial charge in [0.05, 0.1) is 0 Å². The highest BCUT2D eigenvalue weighted by Crippen LogP contribution is 2.14. The van der Waals surface area contributed by atoms with Crippen LogP contribution in [0.5, 0.6) is 0 Å². The maximum absolute atomic E-state index is 5.43. The van der Waals surface area contributed by atoms with Gasteiger partial charge in [0.2, 0.25) is 0 Å². The summed E-state index contributed by atoms with van der Waals surface area (Å²) in [5, 5.41) is 7.34. The molecule has 0 aromatic heterocycles. The molecule has 0 heterocycles. The number of aryl methyl sites for hydroxylation is 2. The lowest BCUT2D eigenvalue weighted by molar-refractivity contribution is 0.498. The van der Waals surface area contributed by atoms with Crippen LogP contribution in [0.25, 0.3) is 0 Å². The van der Waals surface area contributed by atoms with E-state index in [4.69, 9.17) is 12.2 Å². The summed E-state index contributed by atoms with van der Waals surface area (Å²) in [6.45, 7) is 7.32. The molecule has 2 rings (SSSR count). The Balaban J connectivity index is 1.84. The van der Waals surface area contributed by atoms with Gasteiger partial charge in [-0.15, -0.1) is 0 Å². The summed E-state index contributed by atoms with van der Waals surface area (Å²) < 4.78 is 0. The minimum atomic E-state index is 0.580. The van der Waals surface area contributed by atoms with Gasteiger partial charge in [0.25, 0.3) is 0 Å². The van der Waals surface area contributed by atoms with E-state index in [1.807, 2.05) is 0 Å². The molecule has 2 N–H and O–H groups in total. The summed E-state index contributed by atoms with van der Waals surface area (Å²) >= 11 is 5.43. The van der Waals surface area contributed by atoms with Crippen LogP contribution < -0.4 is 10.6 Å². The smallest absolute Gasteiger partial charge is 0.170 e. The highest BCUT2D eigenvalue weighted by molar-refractivity contribution is 7.80. The van der Waals surface area contributed by atoms with Crippen molar-refractivity contribution in [2.45, 2.75) is 33.6 Å². The monoisotopic (exact) mass is 326 g/mol. The first-order valence-corrected chi connectivity index (χ1v) is 8.64. The Morgan fingerprint density at radius 1 is 1.04 bits per heavy atom. The zero-order chi connectivity index (χ0) is 16.7. The summed E-state index contributed by atoms with van der Waals surface area (Å²) in [5.74, 6) is 0.580. The summed E-state index contributed by atoms with van der Waals surface area (Å²) in [6.07, 6.45) is 2.21. The van der Waals surface area contributed by atoms with Crippen molar-refractivity contribution < 1.29 is 0 Å². The standard InChI is InChI=1S/C20H26N2S/c1-4-17(13-18-8-6-5-7-9-18)14-21-20(23)22-19-11-15(2)10-16(3)12-19/h5-12,17H,4,13-14H2,1-3H3,(H2,21,22,23). The summed E-state index contributed by atoms with van der Waals surface area (Å²) in [5.41, 5.74) is 4.92. The van der Waals surface area contributed by atoms with Crippen molar-refractivity contribution in [1.82, 2.24) is 5.32 Å². The van der Waals surface area contributed by atoms with Crippen LogP contribution in [-0.2, 0) is 6.42 Å². The van der Waals surface area contributed by atoms with Gasteiger partial charge >= 0.3 is 0 Å². The molecule has 0 amide bonds. The van der Waals surface area contributed by atoms with E-state index in [9.17, 15) is 0 Å². The Labute approximate surface area is 145 Å². The van der Waals surface area contributed by atoms with E-state index in [0.717, 1.165) is 25.1 Å². The molecular formula is C20H26N2S. The molecule has 0 spiro atoms. The number of thiocarbonyl (C=S) groups is 1. The lowest BCUT2D eigenvalue weighted by atomic mass is 9.97. The number of benzene rings is 2. The average Bonchev–Trinajstić information content (AvgIpc) is 2.51. The summed E-state index contributed by atoms with van der Waals surface area (Å²) in [7, 11) is 0. The maximum atomic E-state index is 5.43. The number of nitrogens with one attached hydrogen (secondary N) is 2. The molecule has 0 radical (unpaired) electrons. The Hall–Kier alpha value is -1.87. The molecule has 2 aromatic rings. The fourth-order valence-corrected chi connectivity index (χ4v) is 2.97. The molecule has 1 unspecified atom stereocenters. The molecule has 0 saturated heterocycles. The molecule has 0 saturated carbocycles. The van der Waals surface area contributed by atoms with E-state index in [1.54, 1.807) is 0 Å². The SMILES string of the molecule is CCC(CNC(=S)Nc1cc(C)cc(C)c1)Cc1ccccc1. The van der Waals surface area contributed by atoms with Gasteiger partial charge in [0.15, 0.2) is 5.11 Å². The van der Waals surface area contributed by atoms with Gasteiger partial charge in [-0.3, -0.25) is 0 Å². The molecule has 2 nitrogen and oxygen atoms in total. The van der Waals surface area contributed by atoms with Crippen LogP contribution in [0.4, 0.5) is 5.69 Å². The van der Waals surface area contributed by atoms with Gasteiger partial charge in [-0.25, -0.2) is 0 Å². The molecule has 0 aliphatic rings. The first-order chi connectivity index (χ1) is 11.1. The molecule has 122 valence electrons. The first kappa shape index (κ1) is 17.5. The third kappa shape index (κ3) is 6.03. The normalized spacial score (nSPS) is 11.8. The Morgan fingerprint density at radius 2 is 1.70 bits per heavy atom. The van der Waals surface area contributed by atoms with Gasteiger partial charge in [-0.1, -0.05) is 49.7 Å². The molecule has 23 heavy (non-hydrogen) atoms. The third-order valence-corrected chi connectivity index (χ3v) is 4.22. The first-order valence-electron chi connectivity index (χ1n) is 8.24. The fraction of sp³-hybridized carbons (Fsp3) is 0.350. The molecule has 0 bridgehead atoms. The van der Waals surface area contributed by atoms with Crippen molar-refractivity contribution >= 4 is 23.0 Å². The topological polar surface area (TPSA) is 24.1 Å². The van der Waals surface area contributed by atoms with E-state index < -0.39 is 0 Å². The minimum absolute atomic E-state index is 0.580. The fourth-order valence-electron chi connectivity index (χ4n) is 2.77. The van der Waals surface area contributed by atoms with Gasteiger partial charge in [0, 0.05) is 12.2 Å². The molecule has 0 aliphatic heterocycles. The second-order valence-corrected chi connectivity index (χ2v) is 6.58. The number of hydrogen-bond donors (Lipinski definition) is 2. The molecule has 0 fully saturated rings. The van der Waals surface area contributed by atoms with E-state index >= 15 is 0 Å². The number of anilines is 1. The quantitative estimate of drug-likeness (QED) is 0.741. The van der Waals surface area contributed by atoms with Crippen molar-refractivity contribution in [1.29, 1.82) is 0 Å². The number of rotatable bonds is 6. The number of hydrogen-bond acceptors (Lipinski definition) is 1. The predicted molar refractivity (Wildman–Crippen MR) is 104 cm³/mol. The lowest BCUT2D eigenvalue weighted by Gasteiger charge is -2.18. The van der Waals surface area contributed by atoms with Crippen LogP contribution in [0.1, 0.15) is 30.0 Å². The summed E-state index contributed by atoms with van der Waals surface area (Å²) in [6, 6.07) is 17.0. The lowest BCUT2D eigenvalue weighted by Crippen LogP contribution is -2.33. The van der Waals surface area contributed by atoms with E-state index in [-0.39, 0.29) is 0 Å². The minimum Gasteiger partial charge on any atom is -0.362 e. The van der Waals surface area contributed by atoms with Crippen LogP contribution in [-0.4, -0.2) is 11.7 Å². The average molecular weight is 327 g/mol. The van der Waals surface area contributed by atoms with Gasteiger partial charge in [-0.2, -0.15) is 0 Å². The van der Waals surface area contributed by atoms with E-state index in [0.29, 0.717) is 11.0 Å². The molecule has 3 heteroatoms. The van der Waals surface area contributed by atoms with Crippen LogP contribution in [0.3, 0.4) is 0 Å². The van der Waals surface area contributed by atoms with Crippen molar-refractivity contribution in [3.63, 3.8) is 0 Å². The molecular weight excluding hydrogens is 300 g/mol. The van der Waals surface area contributed by atoms with E-state index in [1.165, 1.54) is 16.7 Å². The van der Waals surface area contributed by atoms with Crippen LogP contribution in [0.2, 0.25) is 0 Å². The largest absolute Gasteiger partial charge is 0.362 e. The van der Waals surface area contributed by atoms with Gasteiger partial charge in [0.1, 0.15) is 0 Å². The molecule has 1 atom stereocenters. The van der Waals surface area contributed by atoms with Crippen molar-refractivity contribution in [2.24, 2.45) is 5.92 Å². The van der Waals surface area contributed by atoms with Crippen LogP contribution >= 0.6 is 12.2 Å². The van der Waals surface area contributed by atoms with Crippen molar-refractivity contribution in [3.8, 4) is 0 Å². The highest BCUT2D eigenvalue weighted by Gasteiger charge is 2.08. The molecule has 0 aliphatic carbocycles. The van der Waals surface area contributed by atoms with Gasteiger partial charge in [-0.05, 0) is 67.2 Å². The zero-order valence-electron chi connectivity index (χ0n) is 14.2. The van der Waals surface area contributed by atoms with Crippen molar-refractivity contribution in [3.05, 3.63) is 65.2 Å². The zero-order valence-corrected chi connectivity index (χ0v) is 15.0. The predicted octanol–water partition coefficient (Wildman–Crippen LogP) is 4.86. The van der Waals surface area contributed by atoms with Crippen LogP contribution in [0.15, 0.2) is 48.5 Å². The maximum Gasteiger partial charge on any atom is 0.170 e. The summed E-state index contributed by atoms with van der Waals surface area (Å²) in [4.78, 5) is 0. The van der Waals surface area contributed by atoms with Crippen LogP contribution in [0, 0.1) is 19.8 Å². The highest BCUT2D eigenvalue weighted by atomic mass is 32.1. The van der Waals surface area contributed by atoms with Crippen molar-refractivity contribution in [2.75, 3.05) is 11.9 Å². The van der Waals surface area contributed by atoms with Gasteiger partial charge < -0.3 is 10.6 Å². The Kier molecular flexibility index (Phi) is 6.60. The Bertz CT molecular complexity index is 617.